The number of fused-ring (bicyclic) bond motifs is 1. The maximum atomic E-state index is 13.3. The van der Waals surface area contributed by atoms with Crippen molar-refractivity contribution in [2.45, 2.75) is 76.2 Å². The maximum absolute atomic E-state index is 13.3. The van der Waals surface area contributed by atoms with Crippen molar-refractivity contribution in [2.24, 2.45) is 0 Å². The van der Waals surface area contributed by atoms with Crippen LogP contribution in [0, 0.1) is 0 Å². The van der Waals surface area contributed by atoms with Gasteiger partial charge in [0.25, 0.3) is 5.91 Å². The number of halogens is 6. The Morgan fingerprint density at radius 3 is 2.11 bits per heavy atom. The van der Waals surface area contributed by atoms with Gasteiger partial charge in [-0.1, -0.05) is 38.7 Å². The van der Waals surface area contributed by atoms with E-state index in [1.165, 1.54) is 30.3 Å². The Hall–Kier alpha value is -3.68. The third-order valence-corrected chi connectivity index (χ3v) is 8.92. The zero-order valence-electron chi connectivity index (χ0n) is 23.7. The van der Waals surface area contributed by atoms with Gasteiger partial charge in [-0.25, -0.2) is 13.4 Å². The zero-order valence-corrected chi connectivity index (χ0v) is 24.6. The predicted molar refractivity (Wildman–Crippen MR) is 152 cm³/mol. The van der Waals surface area contributed by atoms with Crippen molar-refractivity contribution in [3.8, 4) is 11.3 Å². The number of sulfonamides is 1. The first-order valence-corrected chi connectivity index (χ1v) is 15.7. The summed E-state index contributed by atoms with van der Waals surface area (Å²) in [6.45, 7) is 1.83. The monoisotopic (exact) mass is 643 g/mol. The number of alkyl halides is 6. The molecule has 1 aliphatic carbocycles. The van der Waals surface area contributed by atoms with Crippen molar-refractivity contribution < 1.29 is 44.3 Å². The van der Waals surface area contributed by atoms with E-state index in [-0.39, 0.29) is 40.6 Å². The second-order valence-electron chi connectivity index (χ2n) is 11.1. The summed E-state index contributed by atoms with van der Waals surface area (Å²) in [4.78, 5) is 30.3. The summed E-state index contributed by atoms with van der Waals surface area (Å²) in [6.07, 6.45) is -5.90. The molecule has 1 aromatic heterocycles. The van der Waals surface area contributed by atoms with Crippen LogP contribution < -0.4 is 10.0 Å². The maximum Gasteiger partial charge on any atom is 0.416 e. The van der Waals surface area contributed by atoms with Gasteiger partial charge in [-0.15, -0.1) is 0 Å². The second kappa shape index (κ2) is 12.7. The third-order valence-electron chi connectivity index (χ3n) is 7.56. The van der Waals surface area contributed by atoms with Crippen LogP contribution in [0.15, 0.2) is 48.5 Å². The predicted octanol–water partition coefficient (Wildman–Crippen LogP) is 7.01. The Labute approximate surface area is 250 Å². The molecule has 2 aromatic carbocycles. The van der Waals surface area contributed by atoms with E-state index in [0.717, 1.165) is 19.3 Å². The van der Waals surface area contributed by atoms with Gasteiger partial charge in [0.2, 0.25) is 15.9 Å². The van der Waals surface area contributed by atoms with E-state index in [0.29, 0.717) is 43.2 Å². The normalized spacial score (nSPS) is 15.6. The highest BCUT2D eigenvalue weighted by Crippen LogP contribution is 2.39. The number of aromatic nitrogens is 1. The van der Waals surface area contributed by atoms with Crippen LogP contribution in [0.4, 0.5) is 26.3 Å². The lowest BCUT2D eigenvalue weighted by molar-refractivity contribution is -0.143. The molecule has 7 nitrogen and oxygen atoms in total. The first-order chi connectivity index (χ1) is 20.5. The van der Waals surface area contributed by atoms with Crippen LogP contribution in [0.3, 0.4) is 0 Å². The number of hydrogen-bond acceptors (Lipinski definition) is 5. The highest BCUT2D eigenvalue weighted by molar-refractivity contribution is 7.90. The Balaban J connectivity index is 1.58. The standard InChI is InChI=1S/C30H31F6N3O4S/c1-2-3-13-44(42,43)39-26(40)18-28(11-5-4-6-12-28)38-27(41)20-8-10-24-19(14-20)7-9-25(37-24)21-15-22(29(31,32)33)17-23(16-21)30(34,35)36/h7-10,14-17H,2-6,11-13,18H2,1H3,(H,38,41)(H,39,40). The molecule has 0 bridgehead atoms. The average molecular weight is 644 g/mol. The Morgan fingerprint density at radius 2 is 1.52 bits per heavy atom. The number of carbonyl (C=O) groups is 2. The first-order valence-electron chi connectivity index (χ1n) is 14.1. The van der Waals surface area contributed by atoms with Gasteiger partial charge in [-0.05, 0) is 61.7 Å². The lowest BCUT2D eigenvalue weighted by atomic mass is 9.79. The molecule has 2 amide bonds. The fourth-order valence-corrected chi connectivity index (χ4v) is 6.51. The van der Waals surface area contributed by atoms with E-state index in [1.807, 2.05) is 6.92 Å². The number of hydrogen-bond donors (Lipinski definition) is 2. The molecule has 14 heteroatoms. The molecule has 3 aromatic rings. The van der Waals surface area contributed by atoms with E-state index < -0.39 is 50.9 Å². The van der Waals surface area contributed by atoms with Crippen LogP contribution in [0.2, 0.25) is 0 Å². The van der Waals surface area contributed by atoms with E-state index in [2.05, 4.69) is 15.0 Å². The summed E-state index contributed by atoms with van der Waals surface area (Å²) in [5, 5.41) is 3.33. The average Bonchev–Trinajstić information content (AvgIpc) is 2.94. The molecule has 1 aliphatic rings. The number of nitrogens with one attached hydrogen (secondary N) is 2. The van der Waals surface area contributed by atoms with Crippen molar-refractivity contribution in [1.29, 1.82) is 0 Å². The van der Waals surface area contributed by atoms with E-state index in [9.17, 15) is 44.3 Å². The summed E-state index contributed by atoms with van der Waals surface area (Å²) in [5.74, 6) is -1.41. The van der Waals surface area contributed by atoms with Gasteiger partial charge in [0.1, 0.15) is 0 Å². The Morgan fingerprint density at radius 1 is 0.886 bits per heavy atom. The molecule has 44 heavy (non-hydrogen) atoms. The van der Waals surface area contributed by atoms with Gasteiger partial charge in [0.15, 0.2) is 0 Å². The Bertz CT molecular complexity index is 1620. The summed E-state index contributed by atoms with van der Waals surface area (Å²) in [5.41, 5.74) is -3.95. The molecule has 0 atom stereocenters. The van der Waals surface area contributed by atoms with Crippen LogP contribution in [0.25, 0.3) is 22.2 Å². The van der Waals surface area contributed by atoms with Crippen LogP contribution in [0.1, 0.15) is 79.8 Å². The molecule has 0 unspecified atom stereocenters. The van der Waals surface area contributed by atoms with E-state index in [1.54, 1.807) is 0 Å². The SMILES string of the molecule is CCCCS(=O)(=O)NC(=O)CC1(NC(=O)c2ccc3nc(-c4cc(C(F)(F)F)cc(C(F)(F)F)c4)ccc3c2)CCCCC1. The van der Waals surface area contributed by atoms with E-state index in [4.69, 9.17) is 0 Å². The smallest absolute Gasteiger partial charge is 0.346 e. The lowest BCUT2D eigenvalue weighted by Gasteiger charge is -2.37. The fraction of sp³-hybridized carbons (Fsp3) is 0.433. The minimum Gasteiger partial charge on any atom is -0.346 e. The Kier molecular flexibility index (Phi) is 9.62. The number of carbonyl (C=O) groups excluding carboxylic acids is 2. The van der Waals surface area contributed by atoms with Crippen molar-refractivity contribution in [3.05, 3.63) is 65.2 Å². The number of benzene rings is 2. The molecule has 4 rings (SSSR count). The van der Waals surface area contributed by atoms with Gasteiger partial charge in [-0.2, -0.15) is 26.3 Å². The molecule has 0 aliphatic heterocycles. The van der Waals surface area contributed by atoms with Gasteiger partial charge >= 0.3 is 12.4 Å². The van der Waals surface area contributed by atoms with Gasteiger partial charge in [-0.3, -0.25) is 14.3 Å². The summed E-state index contributed by atoms with van der Waals surface area (Å²) in [6, 6.07) is 8.25. The minimum absolute atomic E-state index is 0.0452. The van der Waals surface area contributed by atoms with Crippen molar-refractivity contribution in [2.75, 3.05) is 5.75 Å². The minimum atomic E-state index is -5.01. The molecule has 1 saturated carbocycles. The zero-order chi connectivity index (χ0) is 32.3. The lowest BCUT2D eigenvalue weighted by Crippen LogP contribution is -2.53. The van der Waals surface area contributed by atoms with Crippen LogP contribution >= 0.6 is 0 Å². The molecule has 0 radical (unpaired) electrons. The van der Waals surface area contributed by atoms with Gasteiger partial charge in [0, 0.05) is 22.1 Å². The first kappa shape index (κ1) is 33.2. The molecule has 0 saturated heterocycles. The molecule has 1 heterocycles. The van der Waals surface area contributed by atoms with Crippen LogP contribution in [0.5, 0.6) is 0 Å². The molecule has 0 spiro atoms. The number of unbranched alkanes of at least 4 members (excludes halogenated alkanes) is 1. The number of rotatable bonds is 9. The number of nitrogens with zero attached hydrogens (tertiary/aromatic N) is 1. The van der Waals surface area contributed by atoms with Crippen molar-refractivity contribution in [3.63, 3.8) is 0 Å². The molecular weight excluding hydrogens is 612 g/mol. The van der Waals surface area contributed by atoms with Crippen molar-refractivity contribution in [1.82, 2.24) is 15.0 Å². The largest absolute Gasteiger partial charge is 0.416 e. The third kappa shape index (κ3) is 8.27. The molecular formula is C30H31F6N3O4S. The van der Waals surface area contributed by atoms with Crippen LogP contribution in [-0.4, -0.2) is 36.5 Å². The van der Waals surface area contributed by atoms with E-state index >= 15 is 0 Å². The topological polar surface area (TPSA) is 105 Å². The van der Waals surface area contributed by atoms with Gasteiger partial charge in [0.05, 0.1) is 34.5 Å². The highest BCUT2D eigenvalue weighted by Gasteiger charge is 2.38. The number of pyridine rings is 1. The van der Waals surface area contributed by atoms with Crippen molar-refractivity contribution >= 4 is 32.7 Å². The summed E-state index contributed by atoms with van der Waals surface area (Å²) >= 11 is 0. The number of amides is 2. The van der Waals surface area contributed by atoms with Crippen LogP contribution in [-0.2, 0) is 27.2 Å². The fourth-order valence-electron chi connectivity index (χ4n) is 5.32. The molecule has 238 valence electrons. The quantitative estimate of drug-likeness (QED) is 0.244. The van der Waals surface area contributed by atoms with Gasteiger partial charge < -0.3 is 5.32 Å². The highest BCUT2D eigenvalue weighted by atomic mass is 32.2. The second-order valence-corrected chi connectivity index (χ2v) is 12.9. The summed E-state index contributed by atoms with van der Waals surface area (Å²) < 4.78 is 107. The molecule has 1 fully saturated rings. The molecule has 2 N–H and O–H groups in total. The summed E-state index contributed by atoms with van der Waals surface area (Å²) in [7, 11) is -3.80.